The Morgan fingerprint density at radius 2 is 2.40 bits per heavy atom. The molecule has 0 bridgehead atoms. The van der Waals surface area contributed by atoms with Gasteiger partial charge in [0, 0.05) is 12.4 Å². The van der Waals surface area contributed by atoms with Crippen molar-refractivity contribution in [3.63, 3.8) is 0 Å². The number of nitriles is 1. The number of carbonyl (C=O) groups excluding carboxylic acids is 1. The number of alkyl halides is 2. The molecule has 104 valence electrons. The van der Waals surface area contributed by atoms with Crippen molar-refractivity contribution in [3.05, 3.63) is 42.4 Å². The number of carbonyl (C=O) groups is 1. The molecule has 0 radical (unpaired) electrons. The van der Waals surface area contributed by atoms with Gasteiger partial charge in [0.2, 0.25) is 5.91 Å². The third-order valence-electron chi connectivity index (χ3n) is 2.58. The Kier molecular flexibility index (Phi) is 4.10. The van der Waals surface area contributed by atoms with Gasteiger partial charge in [-0.2, -0.15) is 14.0 Å². The van der Waals surface area contributed by atoms with E-state index in [1.807, 2.05) is 0 Å². The summed E-state index contributed by atoms with van der Waals surface area (Å²) in [6.07, 6.45) is 3.57. The predicted molar refractivity (Wildman–Crippen MR) is 62.4 cm³/mol. The fourth-order valence-electron chi connectivity index (χ4n) is 1.64. The lowest BCUT2D eigenvalue weighted by Crippen LogP contribution is -2.30. The topological polar surface area (TPSA) is 83.8 Å². The molecule has 1 N–H and O–H groups in total. The van der Waals surface area contributed by atoms with Crippen molar-refractivity contribution >= 4 is 5.91 Å². The number of furan rings is 1. The summed E-state index contributed by atoms with van der Waals surface area (Å²) in [5, 5.41) is 11.4. The first-order valence-electron chi connectivity index (χ1n) is 5.64. The van der Waals surface area contributed by atoms with E-state index in [2.05, 4.69) is 10.3 Å². The molecule has 0 unspecified atom stereocenters. The minimum atomic E-state index is -2.86. The summed E-state index contributed by atoms with van der Waals surface area (Å²) in [6, 6.07) is 4.96. The fourth-order valence-corrected chi connectivity index (χ4v) is 1.64. The van der Waals surface area contributed by atoms with Crippen molar-refractivity contribution in [1.82, 2.24) is 14.9 Å². The highest BCUT2D eigenvalue weighted by atomic mass is 19.3. The summed E-state index contributed by atoms with van der Waals surface area (Å²) in [5.41, 5.74) is 0. The quantitative estimate of drug-likeness (QED) is 0.905. The van der Waals surface area contributed by atoms with Crippen LogP contribution in [-0.2, 0) is 11.3 Å². The first-order chi connectivity index (χ1) is 9.63. The maximum absolute atomic E-state index is 12.7. The monoisotopic (exact) mass is 280 g/mol. The van der Waals surface area contributed by atoms with Crippen molar-refractivity contribution in [2.24, 2.45) is 0 Å². The fraction of sp³-hybridized carbons (Fsp3) is 0.250. The Balaban J connectivity index is 2.09. The lowest BCUT2D eigenvalue weighted by atomic mass is 10.1. The number of hydrogen-bond donors (Lipinski definition) is 1. The first kappa shape index (κ1) is 13.7. The van der Waals surface area contributed by atoms with Gasteiger partial charge in [0.05, 0.1) is 18.9 Å². The van der Waals surface area contributed by atoms with E-state index in [9.17, 15) is 13.6 Å². The maximum Gasteiger partial charge on any atom is 0.319 e. The van der Waals surface area contributed by atoms with Crippen LogP contribution in [0.2, 0.25) is 0 Å². The Hall–Kier alpha value is -2.69. The lowest BCUT2D eigenvalue weighted by Gasteiger charge is -2.11. The van der Waals surface area contributed by atoms with Crippen molar-refractivity contribution in [3.8, 4) is 6.07 Å². The van der Waals surface area contributed by atoms with Crippen LogP contribution in [0.25, 0.3) is 0 Å². The van der Waals surface area contributed by atoms with Crippen molar-refractivity contribution < 1.29 is 18.0 Å². The smallest absolute Gasteiger partial charge is 0.319 e. The van der Waals surface area contributed by atoms with Crippen LogP contribution in [0.15, 0.2) is 35.2 Å². The molecule has 0 saturated carbocycles. The summed E-state index contributed by atoms with van der Waals surface area (Å²) in [5.74, 6) is -1.92. The highest BCUT2D eigenvalue weighted by Gasteiger charge is 2.27. The van der Waals surface area contributed by atoms with Gasteiger partial charge in [0.15, 0.2) is 5.92 Å². The summed E-state index contributed by atoms with van der Waals surface area (Å²) in [4.78, 5) is 15.5. The van der Waals surface area contributed by atoms with Gasteiger partial charge in [0.1, 0.15) is 11.6 Å². The van der Waals surface area contributed by atoms with Crippen LogP contribution in [0.1, 0.15) is 24.1 Å². The Bertz CT molecular complexity index is 616. The van der Waals surface area contributed by atoms with E-state index < -0.39 is 18.4 Å². The molecule has 0 aliphatic heterocycles. The Morgan fingerprint density at radius 1 is 1.60 bits per heavy atom. The third-order valence-corrected chi connectivity index (χ3v) is 2.58. The molecule has 0 aliphatic rings. The molecule has 8 heteroatoms. The number of imidazole rings is 1. The third kappa shape index (κ3) is 2.83. The molecular formula is C12H10F2N4O2. The van der Waals surface area contributed by atoms with Gasteiger partial charge in [0.25, 0.3) is 0 Å². The predicted octanol–water partition coefficient (Wildman–Crippen LogP) is 1.79. The van der Waals surface area contributed by atoms with Crippen LogP contribution in [0, 0.1) is 11.3 Å². The molecule has 1 atom stereocenters. The van der Waals surface area contributed by atoms with Gasteiger partial charge >= 0.3 is 6.55 Å². The van der Waals surface area contributed by atoms with Gasteiger partial charge in [-0.05, 0) is 12.1 Å². The van der Waals surface area contributed by atoms with Gasteiger partial charge < -0.3 is 9.73 Å². The molecule has 0 fully saturated rings. The molecule has 2 rings (SSSR count). The normalized spacial score (nSPS) is 12.1. The second-order valence-electron chi connectivity index (χ2n) is 3.83. The van der Waals surface area contributed by atoms with Gasteiger partial charge in [-0.25, -0.2) is 4.98 Å². The van der Waals surface area contributed by atoms with E-state index >= 15 is 0 Å². The minimum Gasteiger partial charge on any atom is -0.467 e. The standard InChI is InChI=1S/C12H10F2N4O2/c13-12(14)18-4-3-16-10(18)9(6-15)11(19)17-7-8-2-1-5-20-8/h1-5,9,12H,7H2,(H,17,19)/t9-/m1/s1. The number of nitrogens with zero attached hydrogens (tertiary/aromatic N) is 3. The van der Waals surface area contributed by atoms with E-state index in [0.717, 1.165) is 12.4 Å². The maximum atomic E-state index is 12.7. The molecule has 1 amide bonds. The second-order valence-corrected chi connectivity index (χ2v) is 3.83. The molecule has 2 heterocycles. The number of hydrogen-bond acceptors (Lipinski definition) is 4. The van der Waals surface area contributed by atoms with Crippen LogP contribution in [0.5, 0.6) is 0 Å². The highest BCUT2D eigenvalue weighted by molar-refractivity contribution is 5.85. The number of nitrogens with one attached hydrogen (secondary N) is 1. The molecule has 6 nitrogen and oxygen atoms in total. The average Bonchev–Trinajstić information content (AvgIpc) is 3.08. The Morgan fingerprint density at radius 3 is 3.00 bits per heavy atom. The molecule has 0 spiro atoms. The van der Waals surface area contributed by atoms with E-state index in [1.54, 1.807) is 18.2 Å². The van der Waals surface area contributed by atoms with Gasteiger partial charge in [-0.3, -0.25) is 9.36 Å². The summed E-state index contributed by atoms with van der Waals surface area (Å²) in [6.45, 7) is -2.79. The minimum absolute atomic E-state index is 0.0688. The highest BCUT2D eigenvalue weighted by Crippen LogP contribution is 2.19. The molecule has 20 heavy (non-hydrogen) atoms. The molecule has 0 saturated heterocycles. The largest absolute Gasteiger partial charge is 0.467 e. The zero-order valence-electron chi connectivity index (χ0n) is 10.2. The first-order valence-corrected chi connectivity index (χ1v) is 5.64. The van der Waals surface area contributed by atoms with Crippen molar-refractivity contribution in [1.29, 1.82) is 5.26 Å². The SMILES string of the molecule is N#C[C@@H](C(=O)NCc1ccco1)c1nccn1C(F)F. The van der Waals surface area contributed by atoms with E-state index in [0.29, 0.717) is 10.3 Å². The molecular weight excluding hydrogens is 270 g/mol. The van der Waals surface area contributed by atoms with E-state index in [1.165, 1.54) is 6.26 Å². The molecule has 2 aromatic heterocycles. The van der Waals surface area contributed by atoms with Crippen LogP contribution < -0.4 is 5.32 Å². The number of rotatable bonds is 5. The van der Waals surface area contributed by atoms with E-state index in [-0.39, 0.29) is 12.4 Å². The van der Waals surface area contributed by atoms with Crippen molar-refractivity contribution in [2.45, 2.75) is 19.0 Å². The van der Waals surface area contributed by atoms with Crippen LogP contribution >= 0.6 is 0 Å². The summed E-state index contributed by atoms with van der Waals surface area (Å²) in [7, 11) is 0. The van der Waals surface area contributed by atoms with Gasteiger partial charge in [-0.1, -0.05) is 0 Å². The number of aromatic nitrogens is 2. The molecule has 2 aromatic rings. The van der Waals surface area contributed by atoms with Gasteiger partial charge in [-0.15, -0.1) is 0 Å². The zero-order chi connectivity index (χ0) is 14.5. The van der Waals surface area contributed by atoms with Crippen molar-refractivity contribution in [2.75, 3.05) is 0 Å². The molecule has 0 aromatic carbocycles. The van der Waals surface area contributed by atoms with Crippen LogP contribution in [-0.4, -0.2) is 15.5 Å². The number of amides is 1. The molecule has 0 aliphatic carbocycles. The number of halogens is 2. The van der Waals surface area contributed by atoms with E-state index in [4.69, 9.17) is 9.68 Å². The lowest BCUT2D eigenvalue weighted by molar-refractivity contribution is -0.121. The summed E-state index contributed by atoms with van der Waals surface area (Å²) >= 11 is 0. The average molecular weight is 280 g/mol. The zero-order valence-corrected chi connectivity index (χ0v) is 10.2. The Labute approximate surface area is 112 Å². The second kappa shape index (κ2) is 5.97. The summed E-state index contributed by atoms with van der Waals surface area (Å²) < 4.78 is 30.9. The van der Waals surface area contributed by atoms with Crippen LogP contribution in [0.3, 0.4) is 0 Å². The van der Waals surface area contributed by atoms with Crippen LogP contribution in [0.4, 0.5) is 8.78 Å².